The molecule has 2 nitrogen and oxygen atoms in total. The first-order valence-corrected chi connectivity index (χ1v) is 6.19. The lowest BCUT2D eigenvalue weighted by atomic mass is 10.3. The maximum atomic E-state index is 5.66. The predicted octanol–water partition coefficient (Wildman–Crippen LogP) is 3.41. The Bertz CT molecular complexity index is 408. The number of anilines is 1. The molecule has 0 aliphatic heterocycles. The van der Waals surface area contributed by atoms with Crippen LogP contribution in [-0.4, -0.2) is 13.7 Å². The number of nitrogens with one attached hydrogen (secondary N) is 1. The second-order valence-corrected chi connectivity index (χ2v) is 4.48. The van der Waals surface area contributed by atoms with Crippen molar-refractivity contribution in [1.82, 2.24) is 0 Å². The van der Waals surface area contributed by atoms with Crippen LogP contribution in [0.2, 0.25) is 0 Å². The van der Waals surface area contributed by atoms with Crippen LogP contribution in [0.1, 0.15) is 4.88 Å². The van der Waals surface area contributed by atoms with E-state index < -0.39 is 0 Å². The van der Waals surface area contributed by atoms with Crippen LogP contribution in [0, 0.1) is 0 Å². The number of hydrogen-bond donors (Lipinski definition) is 1. The first kappa shape index (κ1) is 11.0. The van der Waals surface area contributed by atoms with Crippen molar-refractivity contribution in [2.45, 2.75) is 6.42 Å². The molecule has 0 saturated heterocycles. The number of rotatable bonds is 5. The lowest BCUT2D eigenvalue weighted by Gasteiger charge is -2.06. The first-order chi connectivity index (χ1) is 7.88. The summed E-state index contributed by atoms with van der Waals surface area (Å²) in [6.45, 7) is 0.736. The molecule has 84 valence electrons. The molecular weight excluding hydrogens is 218 g/mol. The van der Waals surface area contributed by atoms with E-state index >= 15 is 0 Å². The van der Waals surface area contributed by atoms with Crippen LogP contribution in [-0.2, 0) is 6.42 Å². The minimum atomic E-state index is 0.736. The Morgan fingerprint density at radius 2 is 2.00 bits per heavy atom. The van der Waals surface area contributed by atoms with Crippen molar-refractivity contribution >= 4 is 17.0 Å². The molecule has 0 aliphatic rings. The number of thiophene rings is 1. The first-order valence-electron chi connectivity index (χ1n) is 5.31. The van der Waals surface area contributed by atoms with E-state index in [4.69, 9.17) is 4.74 Å². The summed E-state index contributed by atoms with van der Waals surface area (Å²) in [4.78, 5) is 1.37. The number of hydrogen-bond acceptors (Lipinski definition) is 3. The average Bonchev–Trinajstić information content (AvgIpc) is 2.83. The zero-order chi connectivity index (χ0) is 11.2. The van der Waals surface area contributed by atoms with Gasteiger partial charge in [-0.15, -0.1) is 11.3 Å². The highest BCUT2D eigenvalue weighted by Gasteiger charge is 1.96. The fourth-order valence-corrected chi connectivity index (χ4v) is 2.13. The Morgan fingerprint density at radius 3 is 2.62 bits per heavy atom. The Balaban J connectivity index is 1.81. The minimum absolute atomic E-state index is 0.736. The molecule has 1 heterocycles. The van der Waals surface area contributed by atoms with E-state index in [0.717, 1.165) is 24.5 Å². The Labute approximate surface area is 99.9 Å². The molecule has 0 radical (unpaired) electrons. The normalized spacial score (nSPS) is 10.1. The van der Waals surface area contributed by atoms with E-state index in [0.29, 0.717) is 0 Å². The fourth-order valence-electron chi connectivity index (χ4n) is 1.44. The van der Waals surface area contributed by atoms with Crippen LogP contribution < -0.4 is 10.1 Å². The molecule has 1 aromatic carbocycles. The third kappa shape index (κ3) is 3.00. The number of benzene rings is 1. The highest BCUT2D eigenvalue weighted by atomic mass is 32.1. The maximum Gasteiger partial charge on any atom is 0.119 e. The summed E-state index contributed by atoms with van der Waals surface area (Å²) in [5.41, 5.74) is 1.10. The van der Waals surface area contributed by atoms with Gasteiger partial charge in [0.2, 0.25) is 0 Å². The lowest BCUT2D eigenvalue weighted by Crippen LogP contribution is -1.99. The molecule has 0 aliphatic carbocycles. The van der Waals surface area contributed by atoms with Gasteiger partial charge in [0.15, 0.2) is 0 Å². The Hall–Kier alpha value is -1.48. The summed E-state index contributed by atoms with van der Waals surface area (Å²) in [6, 6.07) is 12.2. The van der Waals surface area contributed by atoms with Gasteiger partial charge in [0.05, 0.1) is 6.61 Å². The molecule has 0 amide bonds. The largest absolute Gasteiger partial charge is 0.493 e. The molecule has 0 unspecified atom stereocenters. The van der Waals surface area contributed by atoms with Crippen molar-refractivity contribution in [3.05, 3.63) is 46.7 Å². The van der Waals surface area contributed by atoms with Gasteiger partial charge in [0.1, 0.15) is 5.75 Å². The van der Waals surface area contributed by atoms with Gasteiger partial charge >= 0.3 is 0 Å². The summed E-state index contributed by atoms with van der Waals surface area (Å²) in [7, 11) is 1.91. The molecule has 0 saturated carbocycles. The Kier molecular flexibility index (Phi) is 3.83. The molecule has 3 heteroatoms. The zero-order valence-electron chi connectivity index (χ0n) is 9.27. The molecule has 2 aromatic rings. The van der Waals surface area contributed by atoms with E-state index in [1.54, 1.807) is 11.3 Å². The third-order valence-corrected chi connectivity index (χ3v) is 3.28. The van der Waals surface area contributed by atoms with Gasteiger partial charge in [-0.3, -0.25) is 0 Å². The molecule has 0 fully saturated rings. The maximum absolute atomic E-state index is 5.66. The SMILES string of the molecule is CNc1ccc(OCCc2cccs2)cc1. The van der Waals surface area contributed by atoms with Crippen LogP contribution in [0.3, 0.4) is 0 Å². The topological polar surface area (TPSA) is 21.3 Å². The van der Waals surface area contributed by atoms with Gasteiger partial charge in [-0.2, -0.15) is 0 Å². The molecule has 0 atom stereocenters. The summed E-state index contributed by atoms with van der Waals surface area (Å²) >= 11 is 1.77. The van der Waals surface area contributed by atoms with E-state index in [1.807, 2.05) is 31.3 Å². The van der Waals surface area contributed by atoms with Crippen LogP contribution in [0.5, 0.6) is 5.75 Å². The second kappa shape index (κ2) is 5.56. The van der Waals surface area contributed by atoms with Crippen molar-refractivity contribution in [3.63, 3.8) is 0 Å². The predicted molar refractivity (Wildman–Crippen MR) is 69.5 cm³/mol. The standard InChI is InChI=1S/C13H15NOS/c1-14-11-4-6-12(7-5-11)15-9-8-13-3-2-10-16-13/h2-7,10,14H,8-9H2,1H3. The van der Waals surface area contributed by atoms with Crippen LogP contribution >= 0.6 is 11.3 Å². The molecule has 0 bridgehead atoms. The lowest BCUT2D eigenvalue weighted by molar-refractivity contribution is 0.323. The van der Waals surface area contributed by atoms with Crippen molar-refractivity contribution in [2.75, 3.05) is 19.0 Å². The monoisotopic (exact) mass is 233 g/mol. The van der Waals surface area contributed by atoms with Gasteiger partial charge in [-0.1, -0.05) is 6.07 Å². The Morgan fingerprint density at radius 1 is 1.19 bits per heavy atom. The summed E-state index contributed by atoms with van der Waals surface area (Å²) in [6.07, 6.45) is 0.978. The van der Waals surface area contributed by atoms with Gasteiger partial charge < -0.3 is 10.1 Å². The fraction of sp³-hybridized carbons (Fsp3) is 0.231. The molecule has 16 heavy (non-hydrogen) atoms. The third-order valence-electron chi connectivity index (χ3n) is 2.34. The quantitative estimate of drug-likeness (QED) is 0.854. The summed E-state index contributed by atoms with van der Waals surface area (Å²) in [5, 5.41) is 5.17. The van der Waals surface area contributed by atoms with Crippen molar-refractivity contribution < 1.29 is 4.74 Å². The van der Waals surface area contributed by atoms with Crippen molar-refractivity contribution in [2.24, 2.45) is 0 Å². The van der Waals surface area contributed by atoms with Gasteiger partial charge in [-0.05, 0) is 35.7 Å². The second-order valence-electron chi connectivity index (χ2n) is 3.45. The van der Waals surface area contributed by atoms with Crippen LogP contribution in [0.25, 0.3) is 0 Å². The van der Waals surface area contributed by atoms with Crippen LogP contribution in [0.4, 0.5) is 5.69 Å². The van der Waals surface area contributed by atoms with Gasteiger partial charge in [-0.25, -0.2) is 0 Å². The van der Waals surface area contributed by atoms with E-state index in [1.165, 1.54) is 4.88 Å². The molecular formula is C13H15NOS. The summed E-state index contributed by atoms with van der Waals surface area (Å²) < 4.78 is 5.66. The molecule has 1 aromatic heterocycles. The van der Waals surface area contributed by atoms with Gasteiger partial charge in [0, 0.05) is 24.0 Å². The van der Waals surface area contributed by atoms with Crippen molar-refractivity contribution in [1.29, 1.82) is 0 Å². The molecule has 1 N–H and O–H groups in total. The minimum Gasteiger partial charge on any atom is -0.493 e. The average molecular weight is 233 g/mol. The highest BCUT2D eigenvalue weighted by molar-refractivity contribution is 7.09. The zero-order valence-corrected chi connectivity index (χ0v) is 10.1. The van der Waals surface area contributed by atoms with E-state index in [-0.39, 0.29) is 0 Å². The molecule has 0 spiro atoms. The molecule has 2 rings (SSSR count). The van der Waals surface area contributed by atoms with Crippen LogP contribution in [0.15, 0.2) is 41.8 Å². The smallest absolute Gasteiger partial charge is 0.119 e. The van der Waals surface area contributed by atoms with Gasteiger partial charge in [0.25, 0.3) is 0 Å². The highest BCUT2D eigenvalue weighted by Crippen LogP contribution is 2.16. The van der Waals surface area contributed by atoms with E-state index in [2.05, 4.69) is 22.8 Å². The van der Waals surface area contributed by atoms with Crippen molar-refractivity contribution in [3.8, 4) is 5.75 Å². The van der Waals surface area contributed by atoms with E-state index in [9.17, 15) is 0 Å². The number of ether oxygens (including phenoxy) is 1. The summed E-state index contributed by atoms with van der Waals surface area (Å²) in [5.74, 6) is 0.926.